The zero-order chi connectivity index (χ0) is 25.8. The molecule has 184 valence electrons. The van der Waals surface area contributed by atoms with Crippen molar-refractivity contribution in [3.05, 3.63) is 82.5 Å². The summed E-state index contributed by atoms with van der Waals surface area (Å²) >= 11 is 12.1. The number of hydrogen-bond acceptors (Lipinski definition) is 5. The number of benzene rings is 3. The lowest BCUT2D eigenvalue weighted by atomic mass is 10.2. The van der Waals surface area contributed by atoms with E-state index in [1.165, 1.54) is 37.1 Å². The number of carbonyl (C=O) groups is 3. The third-order valence-electron chi connectivity index (χ3n) is 5.13. The van der Waals surface area contributed by atoms with Crippen LogP contribution in [0.1, 0.15) is 10.5 Å². The van der Waals surface area contributed by atoms with Gasteiger partial charge in [-0.25, -0.2) is 4.68 Å². The van der Waals surface area contributed by atoms with Gasteiger partial charge in [-0.2, -0.15) is 0 Å². The van der Waals surface area contributed by atoms with Gasteiger partial charge < -0.3 is 20.1 Å². The molecule has 1 aromatic heterocycles. The third-order valence-corrected chi connectivity index (χ3v) is 5.56. The molecular formula is C25H20Cl2N4O5. The molecule has 0 spiro atoms. The number of nitrogens with one attached hydrogen (secondary N) is 3. The molecule has 0 aliphatic heterocycles. The number of methoxy groups -OCH3 is 2. The van der Waals surface area contributed by atoms with Crippen LogP contribution in [0.5, 0.6) is 11.5 Å². The summed E-state index contributed by atoms with van der Waals surface area (Å²) in [6.45, 7) is 0. The van der Waals surface area contributed by atoms with Crippen molar-refractivity contribution in [3.8, 4) is 11.5 Å². The third kappa shape index (κ3) is 5.37. The van der Waals surface area contributed by atoms with Crippen molar-refractivity contribution in [2.24, 2.45) is 0 Å². The van der Waals surface area contributed by atoms with E-state index in [2.05, 4.69) is 16.1 Å². The van der Waals surface area contributed by atoms with Crippen LogP contribution >= 0.6 is 23.2 Å². The maximum atomic E-state index is 13.2. The van der Waals surface area contributed by atoms with Gasteiger partial charge >= 0.3 is 11.8 Å². The smallest absolute Gasteiger partial charge is 0.328 e. The summed E-state index contributed by atoms with van der Waals surface area (Å²) in [4.78, 5) is 38.6. The number of halogens is 2. The first-order valence-electron chi connectivity index (χ1n) is 10.5. The van der Waals surface area contributed by atoms with Crippen LogP contribution in [0.2, 0.25) is 10.0 Å². The van der Waals surface area contributed by atoms with E-state index in [9.17, 15) is 14.4 Å². The first kappa shape index (κ1) is 24.9. The molecule has 0 unspecified atom stereocenters. The molecule has 9 nitrogen and oxygen atoms in total. The van der Waals surface area contributed by atoms with Crippen LogP contribution in [0, 0.1) is 0 Å². The number of fused-ring (bicyclic) bond motifs is 1. The van der Waals surface area contributed by atoms with Crippen LogP contribution in [0.15, 0.2) is 66.7 Å². The maximum absolute atomic E-state index is 13.2. The number of amides is 3. The summed E-state index contributed by atoms with van der Waals surface area (Å²) in [5.74, 6) is -1.55. The Hall–Kier alpha value is -4.21. The van der Waals surface area contributed by atoms with Crippen LogP contribution < -0.4 is 25.5 Å². The highest BCUT2D eigenvalue weighted by Crippen LogP contribution is 2.29. The van der Waals surface area contributed by atoms with Crippen LogP contribution in [-0.4, -0.2) is 36.6 Å². The summed E-state index contributed by atoms with van der Waals surface area (Å²) in [6.07, 6.45) is 0. The molecule has 3 aromatic carbocycles. The number of hydrogen-bond donors (Lipinski definition) is 3. The lowest BCUT2D eigenvalue weighted by Gasteiger charge is -2.14. The average Bonchev–Trinajstić information content (AvgIpc) is 3.22. The zero-order valence-corrected chi connectivity index (χ0v) is 20.6. The summed E-state index contributed by atoms with van der Waals surface area (Å²) in [5.41, 5.74) is 3.66. The summed E-state index contributed by atoms with van der Waals surface area (Å²) in [5, 5.41) is 6.47. The molecule has 0 aliphatic carbocycles. The van der Waals surface area contributed by atoms with Crippen molar-refractivity contribution >= 4 is 63.2 Å². The second kappa shape index (κ2) is 10.6. The van der Waals surface area contributed by atoms with Gasteiger partial charge in [-0.1, -0.05) is 35.3 Å². The first-order valence-corrected chi connectivity index (χ1v) is 11.3. The van der Waals surface area contributed by atoms with Gasteiger partial charge in [-0.15, -0.1) is 0 Å². The molecule has 0 bridgehead atoms. The second-order valence-corrected chi connectivity index (χ2v) is 8.37. The van der Waals surface area contributed by atoms with Gasteiger partial charge in [-0.05, 0) is 54.6 Å². The normalized spacial score (nSPS) is 10.6. The molecule has 3 amide bonds. The van der Waals surface area contributed by atoms with Gasteiger partial charge in [0.2, 0.25) is 0 Å². The Morgan fingerprint density at radius 2 is 1.47 bits per heavy atom. The predicted molar refractivity (Wildman–Crippen MR) is 139 cm³/mol. The number of aromatic nitrogens is 1. The van der Waals surface area contributed by atoms with Gasteiger partial charge in [-0.3, -0.25) is 19.8 Å². The molecule has 0 aliphatic rings. The molecule has 0 fully saturated rings. The molecule has 0 saturated carbocycles. The molecule has 0 radical (unpaired) electrons. The molecule has 36 heavy (non-hydrogen) atoms. The van der Waals surface area contributed by atoms with Crippen LogP contribution in [0.3, 0.4) is 0 Å². The molecule has 0 atom stereocenters. The van der Waals surface area contributed by atoms with Gasteiger partial charge in [0.1, 0.15) is 22.7 Å². The molecular weight excluding hydrogens is 507 g/mol. The molecule has 4 aromatic rings. The average molecular weight is 527 g/mol. The van der Waals surface area contributed by atoms with E-state index in [1.807, 2.05) is 0 Å². The number of carbonyl (C=O) groups excluding carboxylic acids is 3. The molecule has 0 saturated heterocycles. The fourth-order valence-electron chi connectivity index (χ4n) is 3.51. The largest absolute Gasteiger partial charge is 0.497 e. The monoisotopic (exact) mass is 526 g/mol. The Kier molecular flexibility index (Phi) is 7.33. The Balaban J connectivity index is 1.65. The molecule has 4 rings (SSSR count). The van der Waals surface area contributed by atoms with Crippen LogP contribution in [0.4, 0.5) is 11.4 Å². The molecule has 3 N–H and O–H groups in total. The highest BCUT2D eigenvalue weighted by Gasteiger charge is 2.23. The van der Waals surface area contributed by atoms with Crippen molar-refractivity contribution < 1.29 is 23.9 Å². The summed E-state index contributed by atoms with van der Waals surface area (Å²) < 4.78 is 11.7. The molecule has 11 heteroatoms. The topological polar surface area (TPSA) is 111 Å². The minimum Gasteiger partial charge on any atom is -0.497 e. The molecule has 1 heterocycles. The number of nitrogens with zero attached hydrogens (tertiary/aromatic N) is 1. The second-order valence-electron chi connectivity index (χ2n) is 7.50. The lowest BCUT2D eigenvalue weighted by molar-refractivity contribution is -0.133. The summed E-state index contributed by atoms with van der Waals surface area (Å²) in [6, 6.07) is 17.8. The maximum Gasteiger partial charge on any atom is 0.328 e. The first-order chi connectivity index (χ1) is 17.3. The van der Waals surface area contributed by atoms with E-state index in [0.29, 0.717) is 43.8 Å². The van der Waals surface area contributed by atoms with Gasteiger partial charge in [0.05, 0.1) is 14.2 Å². The fraction of sp³-hybridized carbons (Fsp3) is 0.0800. The van der Waals surface area contributed by atoms with Crippen molar-refractivity contribution in [1.29, 1.82) is 0 Å². The van der Waals surface area contributed by atoms with Gasteiger partial charge in [0.25, 0.3) is 5.91 Å². The quantitative estimate of drug-likeness (QED) is 0.308. The van der Waals surface area contributed by atoms with E-state index >= 15 is 0 Å². The standard InChI is InChI=1S/C25H20Cl2N4O5/c1-35-19-8-6-17(7-9-19)28-24(33)25(34)30-31-20(10-14-4-3-5-21(36-2)22(14)31)23(32)29-18-12-15(26)11-16(27)13-18/h3-13H,1-2H3,(H,28,33)(H,29,32)(H,30,34). The fourth-order valence-corrected chi connectivity index (χ4v) is 4.04. The van der Waals surface area contributed by atoms with Crippen LogP contribution in [-0.2, 0) is 9.59 Å². The Morgan fingerprint density at radius 3 is 2.11 bits per heavy atom. The number of anilines is 2. The highest BCUT2D eigenvalue weighted by atomic mass is 35.5. The van der Waals surface area contributed by atoms with Crippen molar-refractivity contribution in [2.75, 3.05) is 30.3 Å². The van der Waals surface area contributed by atoms with Crippen molar-refractivity contribution in [1.82, 2.24) is 4.68 Å². The van der Waals surface area contributed by atoms with E-state index in [-0.39, 0.29) is 5.69 Å². The highest BCUT2D eigenvalue weighted by molar-refractivity contribution is 6.42. The summed E-state index contributed by atoms with van der Waals surface area (Å²) in [7, 11) is 2.98. The SMILES string of the molecule is COc1ccc(NC(=O)C(=O)Nn2c(C(=O)Nc3cc(Cl)cc(Cl)c3)cc3cccc(OC)c32)cc1. The van der Waals surface area contributed by atoms with Crippen LogP contribution in [0.25, 0.3) is 10.9 Å². The van der Waals surface area contributed by atoms with E-state index in [0.717, 1.165) is 0 Å². The van der Waals surface area contributed by atoms with Gasteiger partial charge in [0.15, 0.2) is 0 Å². The van der Waals surface area contributed by atoms with Gasteiger partial charge in [0, 0.05) is 26.8 Å². The number of para-hydroxylation sites is 1. The van der Waals surface area contributed by atoms with E-state index in [1.54, 1.807) is 48.5 Å². The van der Waals surface area contributed by atoms with E-state index in [4.69, 9.17) is 32.7 Å². The minimum atomic E-state index is -1.01. The van der Waals surface area contributed by atoms with E-state index < -0.39 is 17.7 Å². The minimum absolute atomic E-state index is 0.0381. The zero-order valence-electron chi connectivity index (χ0n) is 19.1. The van der Waals surface area contributed by atoms with Crippen molar-refractivity contribution in [2.45, 2.75) is 0 Å². The Morgan fingerprint density at radius 1 is 0.778 bits per heavy atom. The number of ether oxygens (including phenoxy) is 2. The number of rotatable bonds is 6. The lowest BCUT2D eigenvalue weighted by Crippen LogP contribution is -2.36. The Bertz CT molecular complexity index is 1450. The van der Waals surface area contributed by atoms with Crippen molar-refractivity contribution in [3.63, 3.8) is 0 Å². The Labute approximate surface area is 215 Å². The predicted octanol–water partition coefficient (Wildman–Crippen LogP) is 4.93.